The summed E-state index contributed by atoms with van der Waals surface area (Å²) in [6.45, 7) is 0. The molecule has 0 bridgehead atoms. The van der Waals surface area contributed by atoms with Gasteiger partial charge in [0.1, 0.15) is 0 Å². The maximum atomic E-state index is 13.3. The molecule has 2 aromatic carbocycles. The van der Waals surface area contributed by atoms with E-state index in [1.807, 2.05) is 12.2 Å². The number of halogens is 6. The number of hydrogen-bond acceptors (Lipinski definition) is 2. The lowest BCUT2D eigenvalue weighted by atomic mass is 10.0. The fourth-order valence-corrected chi connectivity index (χ4v) is 6.17. The molecule has 3 saturated heterocycles. The number of rotatable bonds is 2. The first kappa shape index (κ1) is 26.3. The van der Waals surface area contributed by atoms with Crippen LogP contribution in [0.4, 0.5) is 26.3 Å². The third kappa shape index (κ3) is 4.80. The van der Waals surface area contributed by atoms with Gasteiger partial charge >= 0.3 is 0 Å². The highest BCUT2D eigenvalue weighted by molar-refractivity contribution is 5.80. The lowest BCUT2D eigenvalue weighted by Crippen LogP contribution is -2.40. The van der Waals surface area contributed by atoms with Gasteiger partial charge in [0, 0.05) is 18.9 Å². The molecule has 0 aromatic heterocycles. The molecule has 0 radical (unpaired) electrons. The highest BCUT2D eigenvalue weighted by atomic mass is 19.2. The molecule has 6 rings (SSSR count). The van der Waals surface area contributed by atoms with E-state index in [0.29, 0.717) is 36.8 Å². The van der Waals surface area contributed by atoms with Crippen LogP contribution in [-0.2, 0) is 9.59 Å². The van der Waals surface area contributed by atoms with Crippen molar-refractivity contribution in [3.63, 3.8) is 0 Å². The number of piperidine rings is 1. The van der Waals surface area contributed by atoms with Crippen LogP contribution in [0, 0.1) is 34.9 Å². The molecule has 0 saturated carbocycles. The molecule has 0 spiro atoms. The molecule has 4 nitrogen and oxygen atoms in total. The third-order valence-corrected chi connectivity index (χ3v) is 7.87. The Balaban J connectivity index is 0.000000155. The Labute approximate surface area is 215 Å². The molecule has 10 heteroatoms. The van der Waals surface area contributed by atoms with Crippen LogP contribution in [0.1, 0.15) is 74.6 Å². The summed E-state index contributed by atoms with van der Waals surface area (Å²) in [4.78, 5) is 27.2. The first-order valence-electron chi connectivity index (χ1n) is 12.7. The minimum atomic E-state index is -1.47. The van der Waals surface area contributed by atoms with Crippen LogP contribution < -0.4 is 0 Å². The van der Waals surface area contributed by atoms with Gasteiger partial charge in [0.15, 0.2) is 34.9 Å². The molecule has 0 unspecified atom stereocenters. The van der Waals surface area contributed by atoms with E-state index < -0.39 is 34.9 Å². The molecular formula is C28H26F6N2O2. The first-order valence-corrected chi connectivity index (χ1v) is 12.7. The van der Waals surface area contributed by atoms with Crippen molar-refractivity contribution in [3.05, 3.63) is 82.4 Å². The van der Waals surface area contributed by atoms with Crippen molar-refractivity contribution in [1.82, 2.24) is 9.80 Å². The van der Waals surface area contributed by atoms with Crippen molar-refractivity contribution in [1.29, 1.82) is 0 Å². The molecular weight excluding hydrogens is 510 g/mol. The Bertz CT molecular complexity index is 1250. The van der Waals surface area contributed by atoms with Gasteiger partial charge in [0.2, 0.25) is 11.8 Å². The fraction of sp³-hybridized carbons (Fsp3) is 0.429. The summed E-state index contributed by atoms with van der Waals surface area (Å²) in [6.07, 6.45) is 9.28. The molecule has 4 aliphatic rings. The van der Waals surface area contributed by atoms with E-state index >= 15 is 0 Å². The Morgan fingerprint density at radius 2 is 1.16 bits per heavy atom. The topological polar surface area (TPSA) is 40.6 Å². The van der Waals surface area contributed by atoms with Crippen molar-refractivity contribution in [2.75, 3.05) is 0 Å². The Morgan fingerprint density at radius 1 is 0.632 bits per heavy atom. The van der Waals surface area contributed by atoms with Crippen LogP contribution in [0.25, 0.3) is 0 Å². The molecule has 3 fully saturated rings. The largest absolute Gasteiger partial charge is 0.333 e. The molecule has 4 atom stereocenters. The van der Waals surface area contributed by atoms with Crippen LogP contribution in [0.5, 0.6) is 0 Å². The average Bonchev–Trinajstić information content (AvgIpc) is 3.52. The van der Waals surface area contributed by atoms with E-state index in [-0.39, 0.29) is 36.0 Å². The average molecular weight is 537 g/mol. The zero-order valence-corrected chi connectivity index (χ0v) is 20.4. The SMILES string of the molecule is O=C1CC=C[C@H]2CC[C@@H](c3cc(F)c(F)c(F)c3)N12.O=C1CCC[C@@H]2CC[C@@H](c3cc(F)c(F)c(F)c3)N12. The second kappa shape index (κ2) is 10.5. The maximum absolute atomic E-state index is 13.3. The first-order chi connectivity index (χ1) is 18.2. The van der Waals surface area contributed by atoms with E-state index in [4.69, 9.17) is 0 Å². The molecule has 38 heavy (non-hydrogen) atoms. The van der Waals surface area contributed by atoms with E-state index in [0.717, 1.165) is 49.9 Å². The van der Waals surface area contributed by atoms with Gasteiger partial charge in [-0.15, -0.1) is 0 Å². The lowest BCUT2D eigenvalue weighted by molar-refractivity contribution is -0.137. The number of benzene rings is 2. The van der Waals surface area contributed by atoms with Crippen LogP contribution >= 0.6 is 0 Å². The fourth-order valence-electron chi connectivity index (χ4n) is 6.17. The van der Waals surface area contributed by atoms with Gasteiger partial charge in [0.05, 0.1) is 18.1 Å². The number of hydrogen-bond donors (Lipinski definition) is 0. The maximum Gasteiger partial charge on any atom is 0.227 e. The normalized spacial score (nSPS) is 26.3. The van der Waals surface area contributed by atoms with Crippen LogP contribution in [0.15, 0.2) is 36.4 Å². The van der Waals surface area contributed by atoms with Crippen LogP contribution in [-0.4, -0.2) is 33.7 Å². The smallest absolute Gasteiger partial charge is 0.227 e. The van der Waals surface area contributed by atoms with Crippen LogP contribution in [0.2, 0.25) is 0 Å². The second-order valence-electron chi connectivity index (χ2n) is 10.1. The summed E-state index contributed by atoms with van der Waals surface area (Å²) in [7, 11) is 0. The molecule has 202 valence electrons. The van der Waals surface area contributed by atoms with Gasteiger partial charge in [-0.3, -0.25) is 9.59 Å². The summed E-state index contributed by atoms with van der Waals surface area (Å²) in [6, 6.07) is 3.45. The lowest BCUT2D eigenvalue weighted by Gasteiger charge is -2.34. The minimum absolute atomic E-state index is 0.0116. The number of carbonyl (C=O) groups excluding carboxylic acids is 2. The standard InChI is InChI=1S/C14H14F3NO.C14H12F3NO/c2*15-10-6-8(7-11(16)14(10)17)12-5-4-9-2-1-3-13(19)18(9)12/h6-7,9,12H,1-5H2;1-2,6-7,9,12H,3-5H2/t9-,12+;9-,12-/m10/s1. The van der Waals surface area contributed by atoms with Crippen molar-refractivity contribution in [2.45, 2.75) is 75.5 Å². The summed E-state index contributed by atoms with van der Waals surface area (Å²) in [5.41, 5.74) is 0.678. The van der Waals surface area contributed by atoms with Crippen molar-refractivity contribution < 1.29 is 35.9 Å². The molecule has 4 heterocycles. The van der Waals surface area contributed by atoms with Crippen molar-refractivity contribution >= 4 is 11.8 Å². The monoisotopic (exact) mass is 536 g/mol. The summed E-state index contributed by atoms with van der Waals surface area (Å²) in [5.74, 6) is -7.75. The number of nitrogens with zero attached hydrogens (tertiary/aromatic N) is 2. The molecule has 0 aliphatic carbocycles. The van der Waals surface area contributed by atoms with Gasteiger partial charge in [0.25, 0.3) is 0 Å². The Hall–Kier alpha value is -3.30. The van der Waals surface area contributed by atoms with Gasteiger partial charge in [-0.05, 0) is 73.9 Å². The van der Waals surface area contributed by atoms with E-state index in [1.165, 1.54) is 0 Å². The molecule has 2 aromatic rings. The van der Waals surface area contributed by atoms with Gasteiger partial charge in [-0.1, -0.05) is 12.2 Å². The van der Waals surface area contributed by atoms with E-state index in [2.05, 4.69) is 0 Å². The number of fused-ring (bicyclic) bond motifs is 2. The van der Waals surface area contributed by atoms with Gasteiger partial charge in [-0.2, -0.15) is 0 Å². The van der Waals surface area contributed by atoms with Crippen molar-refractivity contribution in [2.24, 2.45) is 0 Å². The molecule has 0 N–H and O–H groups in total. The Kier molecular flexibility index (Phi) is 7.24. The van der Waals surface area contributed by atoms with Crippen LogP contribution in [0.3, 0.4) is 0 Å². The summed E-state index contributed by atoms with van der Waals surface area (Å²) < 4.78 is 79.1. The molecule has 2 amide bonds. The zero-order valence-electron chi connectivity index (χ0n) is 20.4. The van der Waals surface area contributed by atoms with E-state index in [1.54, 1.807) is 9.80 Å². The highest BCUT2D eigenvalue weighted by Gasteiger charge is 2.40. The summed E-state index contributed by atoms with van der Waals surface area (Å²) in [5, 5.41) is 0. The van der Waals surface area contributed by atoms with E-state index in [9.17, 15) is 35.9 Å². The highest BCUT2D eigenvalue weighted by Crippen LogP contribution is 2.42. The zero-order chi connectivity index (χ0) is 27.1. The predicted octanol–water partition coefficient (Wildman–Crippen LogP) is 6.42. The predicted molar refractivity (Wildman–Crippen MR) is 125 cm³/mol. The molecule has 4 aliphatic heterocycles. The van der Waals surface area contributed by atoms with Crippen molar-refractivity contribution in [3.8, 4) is 0 Å². The number of carbonyl (C=O) groups is 2. The van der Waals surface area contributed by atoms with Gasteiger partial charge < -0.3 is 9.80 Å². The van der Waals surface area contributed by atoms with Gasteiger partial charge in [-0.25, -0.2) is 26.3 Å². The summed E-state index contributed by atoms with van der Waals surface area (Å²) >= 11 is 0. The Morgan fingerprint density at radius 3 is 1.74 bits per heavy atom. The third-order valence-electron chi connectivity index (χ3n) is 7.87. The number of amides is 2. The quantitative estimate of drug-likeness (QED) is 0.253. The second-order valence-corrected chi connectivity index (χ2v) is 10.1. The minimum Gasteiger partial charge on any atom is -0.333 e.